The summed E-state index contributed by atoms with van der Waals surface area (Å²) in [4.78, 5) is 40.7. The lowest BCUT2D eigenvalue weighted by Gasteiger charge is -2.32. The van der Waals surface area contributed by atoms with Gasteiger partial charge in [-0.1, -0.05) is 36.6 Å². The highest BCUT2D eigenvalue weighted by atomic mass is 35.5. The predicted molar refractivity (Wildman–Crippen MR) is 130 cm³/mol. The lowest BCUT2D eigenvalue weighted by atomic mass is 10.0. The summed E-state index contributed by atoms with van der Waals surface area (Å²) in [6.45, 7) is -0.405. The maximum Gasteiger partial charge on any atom is 0.287 e. The average Bonchev–Trinajstić information content (AvgIpc) is 3.57. The maximum absolute atomic E-state index is 13.7. The first kappa shape index (κ1) is 24.5. The molecule has 0 saturated heterocycles. The van der Waals surface area contributed by atoms with E-state index in [4.69, 9.17) is 16.0 Å². The van der Waals surface area contributed by atoms with Crippen molar-refractivity contribution in [1.82, 2.24) is 10.6 Å². The van der Waals surface area contributed by atoms with Crippen molar-refractivity contribution in [1.29, 1.82) is 0 Å². The second kappa shape index (κ2) is 11.2. The zero-order valence-electron chi connectivity index (χ0n) is 18.9. The smallest absolute Gasteiger partial charge is 0.287 e. The number of nitrogens with one attached hydrogen (secondary N) is 2. The lowest BCUT2D eigenvalue weighted by molar-refractivity contribution is -0.126. The molecule has 0 radical (unpaired) electrons. The van der Waals surface area contributed by atoms with Gasteiger partial charge >= 0.3 is 0 Å². The summed E-state index contributed by atoms with van der Waals surface area (Å²) in [7, 11) is 0. The summed E-state index contributed by atoms with van der Waals surface area (Å²) < 4.78 is 18.8. The van der Waals surface area contributed by atoms with Gasteiger partial charge in [0.1, 0.15) is 11.9 Å². The van der Waals surface area contributed by atoms with Gasteiger partial charge in [0, 0.05) is 16.8 Å². The van der Waals surface area contributed by atoms with Crippen LogP contribution in [0.25, 0.3) is 0 Å². The van der Waals surface area contributed by atoms with E-state index in [2.05, 4.69) is 10.6 Å². The lowest BCUT2D eigenvalue weighted by Crippen LogP contribution is -2.49. The number of benzene rings is 2. The highest BCUT2D eigenvalue weighted by molar-refractivity contribution is 6.30. The first-order valence-electron chi connectivity index (χ1n) is 11.4. The molecule has 1 aliphatic carbocycles. The van der Waals surface area contributed by atoms with E-state index < -0.39 is 30.2 Å². The summed E-state index contributed by atoms with van der Waals surface area (Å²) in [5.41, 5.74) is 0.838. The molecule has 35 heavy (non-hydrogen) atoms. The number of carbonyl (C=O) groups excluding carboxylic acids is 3. The van der Waals surface area contributed by atoms with Gasteiger partial charge in [-0.25, -0.2) is 4.39 Å². The van der Waals surface area contributed by atoms with E-state index in [9.17, 15) is 18.8 Å². The van der Waals surface area contributed by atoms with Crippen molar-refractivity contribution in [3.05, 3.63) is 89.1 Å². The van der Waals surface area contributed by atoms with Crippen LogP contribution >= 0.6 is 11.6 Å². The number of amides is 3. The molecule has 182 valence electrons. The minimum atomic E-state index is -1.06. The molecule has 2 N–H and O–H groups in total. The molecule has 1 aliphatic rings. The van der Waals surface area contributed by atoms with Crippen LogP contribution in [0.5, 0.6) is 0 Å². The Morgan fingerprint density at radius 1 is 1.03 bits per heavy atom. The van der Waals surface area contributed by atoms with Crippen LogP contribution in [0.2, 0.25) is 5.02 Å². The molecule has 2 aromatic carbocycles. The van der Waals surface area contributed by atoms with Gasteiger partial charge in [0.15, 0.2) is 5.76 Å². The van der Waals surface area contributed by atoms with E-state index in [0.29, 0.717) is 16.3 Å². The molecule has 4 rings (SSSR count). The van der Waals surface area contributed by atoms with Crippen LogP contribution in [0.4, 0.5) is 10.1 Å². The van der Waals surface area contributed by atoms with Gasteiger partial charge in [0.25, 0.3) is 5.91 Å². The van der Waals surface area contributed by atoms with Gasteiger partial charge in [0.05, 0.1) is 12.8 Å². The van der Waals surface area contributed by atoms with Gasteiger partial charge in [-0.2, -0.15) is 0 Å². The van der Waals surface area contributed by atoms with E-state index >= 15 is 0 Å². The zero-order chi connectivity index (χ0) is 24.8. The molecule has 3 aromatic rings. The van der Waals surface area contributed by atoms with Gasteiger partial charge in [0.2, 0.25) is 11.8 Å². The molecule has 3 amide bonds. The topological polar surface area (TPSA) is 91.7 Å². The Bertz CT molecular complexity index is 1160. The fraction of sp³-hybridized carbons (Fsp3) is 0.269. The Labute approximate surface area is 207 Å². The number of anilines is 1. The molecular weight excluding hydrogens is 473 g/mol. The molecule has 1 saturated carbocycles. The molecule has 0 bridgehead atoms. The van der Waals surface area contributed by atoms with E-state index in [1.165, 1.54) is 41.5 Å². The zero-order valence-corrected chi connectivity index (χ0v) is 19.6. The Morgan fingerprint density at radius 3 is 2.34 bits per heavy atom. The van der Waals surface area contributed by atoms with Crippen molar-refractivity contribution in [2.24, 2.45) is 0 Å². The van der Waals surface area contributed by atoms with Crippen LogP contribution in [-0.2, 0) is 9.59 Å². The Kier molecular flexibility index (Phi) is 7.82. The minimum Gasteiger partial charge on any atom is -0.459 e. The Morgan fingerprint density at radius 2 is 1.71 bits per heavy atom. The van der Waals surface area contributed by atoms with E-state index in [1.807, 2.05) is 0 Å². The quantitative estimate of drug-likeness (QED) is 0.474. The number of nitrogens with zero attached hydrogens (tertiary/aromatic N) is 1. The number of rotatable bonds is 8. The fourth-order valence-electron chi connectivity index (χ4n) is 4.19. The van der Waals surface area contributed by atoms with Gasteiger partial charge in [-0.15, -0.1) is 0 Å². The number of furan rings is 1. The number of hydrogen-bond donors (Lipinski definition) is 2. The molecule has 1 atom stereocenters. The number of hydrogen-bond acceptors (Lipinski definition) is 4. The first-order chi connectivity index (χ1) is 16.9. The summed E-state index contributed by atoms with van der Waals surface area (Å²) in [6, 6.07) is 13.9. The van der Waals surface area contributed by atoms with E-state index in [0.717, 1.165) is 25.7 Å². The van der Waals surface area contributed by atoms with E-state index in [1.54, 1.807) is 30.3 Å². The van der Waals surface area contributed by atoms with Crippen molar-refractivity contribution in [3.63, 3.8) is 0 Å². The monoisotopic (exact) mass is 497 g/mol. The van der Waals surface area contributed by atoms with Gasteiger partial charge in [-0.05, 0) is 66.9 Å². The molecule has 0 aliphatic heterocycles. The number of carbonyl (C=O) groups is 3. The third-order valence-corrected chi connectivity index (χ3v) is 6.16. The third-order valence-electron chi connectivity index (χ3n) is 5.91. The largest absolute Gasteiger partial charge is 0.459 e. The summed E-state index contributed by atoms with van der Waals surface area (Å²) in [6.07, 6.45) is 5.13. The summed E-state index contributed by atoms with van der Waals surface area (Å²) in [5.74, 6) is -1.92. The van der Waals surface area contributed by atoms with Gasteiger partial charge in [-0.3, -0.25) is 19.3 Å². The molecule has 1 unspecified atom stereocenters. The molecular formula is C26H25ClFN3O4. The summed E-state index contributed by atoms with van der Waals surface area (Å²) in [5, 5.41) is 6.06. The Hall–Kier alpha value is -3.65. The maximum atomic E-state index is 13.7. The predicted octanol–water partition coefficient (Wildman–Crippen LogP) is 4.64. The average molecular weight is 498 g/mol. The Balaban J connectivity index is 1.67. The van der Waals surface area contributed by atoms with Crippen molar-refractivity contribution in [2.75, 3.05) is 11.4 Å². The normalized spacial score (nSPS) is 14.3. The number of halogens is 2. The second-order valence-corrected chi connectivity index (χ2v) is 8.78. The molecule has 1 aromatic heterocycles. The van der Waals surface area contributed by atoms with Crippen LogP contribution < -0.4 is 15.5 Å². The van der Waals surface area contributed by atoms with Crippen molar-refractivity contribution in [3.8, 4) is 0 Å². The minimum absolute atomic E-state index is 0.0149. The molecule has 0 spiro atoms. The molecule has 1 heterocycles. The molecule has 9 heteroatoms. The molecule has 7 nitrogen and oxygen atoms in total. The van der Waals surface area contributed by atoms with Gasteiger partial charge < -0.3 is 15.1 Å². The van der Waals surface area contributed by atoms with Crippen molar-refractivity contribution < 1.29 is 23.2 Å². The fourth-order valence-corrected chi connectivity index (χ4v) is 4.31. The van der Waals surface area contributed by atoms with Crippen LogP contribution in [0.1, 0.15) is 47.8 Å². The second-order valence-electron chi connectivity index (χ2n) is 8.34. The third kappa shape index (κ3) is 6.08. The van der Waals surface area contributed by atoms with Crippen molar-refractivity contribution in [2.45, 2.75) is 37.8 Å². The van der Waals surface area contributed by atoms with Crippen LogP contribution in [0.3, 0.4) is 0 Å². The highest BCUT2D eigenvalue weighted by Gasteiger charge is 2.34. The molecule has 1 fully saturated rings. The SMILES string of the molecule is O=C(NCC(=O)N(c1ccc(F)cc1)C(C(=O)NC1CCCC1)c1ccc(Cl)cc1)c1ccco1. The summed E-state index contributed by atoms with van der Waals surface area (Å²) >= 11 is 6.06. The standard InChI is InChI=1S/C26H25ClFN3O4/c27-18-9-7-17(8-10-18)24(26(34)30-20-4-1-2-5-20)31(21-13-11-19(28)12-14-21)23(32)16-29-25(33)22-6-3-15-35-22/h3,6-15,20,24H,1-2,4-5,16H2,(H,29,33)(H,30,34). The van der Waals surface area contributed by atoms with E-state index in [-0.39, 0.29) is 17.7 Å². The van der Waals surface area contributed by atoms with Crippen LogP contribution in [-0.4, -0.2) is 30.3 Å². The van der Waals surface area contributed by atoms with Crippen molar-refractivity contribution >= 4 is 35.0 Å². The highest BCUT2D eigenvalue weighted by Crippen LogP contribution is 2.30. The van der Waals surface area contributed by atoms with Crippen LogP contribution in [0.15, 0.2) is 71.3 Å². The van der Waals surface area contributed by atoms with Crippen LogP contribution in [0, 0.1) is 5.82 Å². The first-order valence-corrected chi connectivity index (χ1v) is 11.8.